The molecule has 0 radical (unpaired) electrons. The van der Waals surface area contributed by atoms with Crippen LogP contribution < -0.4 is 5.32 Å². The minimum atomic E-state index is 0.211. The number of benzene rings is 1. The number of carbonyl (C=O) groups is 1. The van der Waals surface area contributed by atoms with Crippen LogP contribution in [0.5, 0.6) is 0 Å². The molecule has 1 unspecified atom stereocenters. The lowest BCUT2D eigenvalue weighted by atomic mass is 10.0. The monoisotopic (exact) mass is 344 g/mol. The Morgan fingerprint density at radius 1 is 1.12 bits per heavy atom. The van der Waals surface area contributed by atoms with Crippen molar-refractivity contribution in [1.82, 2.24) is 14.7 Å². The quantitative estimate of drug-likeness (QED) is 0.906. The lowest BCUT2D eigenvalue weighted by molar-refractivity contribution is -0.131. The molecular formula is C20H32N4O. The van der Waals surface area contributed by atoms with Crippen molar-refractivity contribution in [2.45, 2.75) is 32.7 Å². The maximum Gasteiger partial charge on any atom is 0.241 e. The molecule has 0 spiro atoms. The summed E-state index contributed by atoms with van der Waals surface area (Å²) in [7, 11) is 2.21. The van der Waals surface area contributed by atoms with Crippen LogP contribution in [0, 0.1) is 13.8 Å². The van der Waals surface area contributed by atoms with Gasteiger partial charge in [-0.3, -0.25) is 9.69 Å². The Kier molecular flexibility index (Phi) is 5.97. The maximum absolute atomic E-state index is 12.6. The van der Waals surface area contributed by atoms with Gasteiger partial charge in [0.2, 0.25) is 5.91 Å². The van der Waals surface area contributed by atoms with E-state index in [1.165, 1.54) is 37.1 Å². The van der Waals surface area contributed by atoms with Crippen LogP contribution in [0.25, 0.3) is 0 Å². The number of amides is 1. The fourth-order valence-electron chi connectivity index (χ4n) is 4.14. The zero-order chi connectivity index (χ0) is 17.8. The number of rotatable bonds is 4. The number of aryl methyl sites for hydroxylation is 2. The zero-order valence-corrected chi connectivity index (χ0v) is 15.9. The number of piperidine rings is 1. The summed E-state index contributed by atoms with van der Waals surface area (Å²) in [5, 5.41) is 3.35. The van der Waals surface area contributed by atoms with Gasteiger partial charge in [0.15, 0.2) is 0 Å². The Hall–Kier alpha value is -1.59. The first-order valence-corrected chi connectivity index (χ1v) is 9.55. The highest BCUT2D eigenvalue weighted by Crippen LogP contribution is 2.20. The van der Waals surface area contributed by atoms with Gasteiger partial charge in [-0.05, 0) is 51.4 Å². The molecule has 0 bridgehead atoms. The molecule has 1 aromatic rings. The van der Waals surface area contributed by atoms with Gasteiger partial charge in [-0.25, -0.2) is 0 Å². The first-order chi connectivity index (χ1) is 12.0. The minimum Gasteiger partial charge on any atom is -0.376 e. The molecule has 1 N–H and O–H groups in total. The van der Waals surface area contributed by atoms with Crippen molar-refractivity contribution in [3.63, 3.8) is 0 Å². The van der Waals surface area contributed by atoms with Crippen molar-refractivity contribution < 1.29 is 4.79 Å². The number of para-hydroxylation sites is 1. The second-order valence-electron chi connectivity index (χ2n) is 7.60. The molecule has 5 heteroatoms. The van der Waals surface area contributed by atoms with Crippen molar-refractivity contribution in [2.75, 3.05) is 58.2 Å². The Morgan fingerprint density at radius 3 is 2.44 bits per heavy atom. The van der Waals surface area contributed by atoms with Gasteiger partial charge in [-0.1, -0.05) is 18.2 Å². The molecule has 0 aliphatic carbocycles. The lowest BCUT2D eigenvalue weighted by Crippen LogP contribution is -2.56. The smallest absolute Gasteiger partial charge is 0.241 e. The van der Waals surface area contributed by atoms with Gasteiger partial charge in [0.25, 0.3) is 0 Å². The SMILES string of the molecule is Cc1cccc(C)c1NCC(=O)N1CCN(C2CCCN(C)C2)CC1. The number of nitrogens with zero attached hydrogens (tertiary/aromatic N) is 3. The fraction of sp³-hybridized carbons (Fsp3) is 0.650. The Balaban J connectivity index is 1.47. The van der Waals surface area contributed by atoms with Crippen LogP contribution in [0.3, 0.4) is 0 Å². The highest BCUT2D eigenvalue weighted by Gasteiger charge is 2.28. The summed E-state index contributed by atoms with van der Waals surface area (Å²) >= 11 is 0. The third-order valence-corrected chi connectivity index (χ3v) is 5.68. The summed E-state index contributed by atoms with van der Waals surface area (Å²) in [6, 6.07) is 6.89. The van der Waals surface area contributed by atoms with Gasteiger partial charge in [0.1, 0.15) is 0 Å². The fourth-order valence-corrected chi connectivity index (χ4v) is 4.14. The number of nitrogens with one attached hydrogen (secondary N) is 1. The van der Waals surface area contributed by atoms with E-state index in [1.807, 2.05) is 4.90 Å². The van der Waals surface area contributed by atoms with Gasteiger partial charge in [-0.2, -0.15) is 0 Å². The van der Waals surface area contributed by atoms with Crippen LogP contribution in [-0.4, -0.2) is 79.5 Å². The molecule has 1 amide bonds. The van der Waals surface area contributed by atoms with E-state index in [4.69, 9.17) is 0 Å². The average molecular weight is 345 g/mol. The van der Waals surface area contributed by atoms with Gasteiger partial charge in [0, 0.05) is 44.5 Å². The molecule has 5 nitrogen and oxygen atoms in total. The molecule has 2 heterocycles. The van der Waals surface area contributed by atoms with E-state index in [0.717, 1.165) is 31.9 Å². The maximum atomic E-state index is 12.6. The molecular weight excluding hydrogens is 312 g/mol. The first kappa shape index (κ1) is 18.2. The van der Waals surface area contributed by atoms with E-state index in [9.17, 15) is 4.79 Å². The number of hydrogen-bond acceptors (Lipinski definition) is 4. The van der Waals surface area contributed by atoms with Crippen LogP contribution in [0.15, 0.2) is 18.2 Å². The normalized spacial score (nSPS) is 22.8. The van der Waals surface area contributed by atoms with Crippen molar-refractivity contribution >= 4 is 11.6 Å². The predicted octanol–water partition coefficient (Wildman–Crippen LogP) is 1.95. The summed E-state index contributed by atoms with van der Waals surface area (Å²) in [5.74, 6) is 0.211. The lowest BCUT2D eigenvalue weighted by Gasteiger charge is -2.42. The highest BCUT2D eigenvalue weighted by molar-refractivity contribution is 5.81. The van der Waals surface area contributed by atoms with Crippen LogP contribution in [0.2, 0.25) is 0 Å². The van der Waals surface area contributed by atoms with Gasteiger partial charge >= 0.3 is 0 Å². The Morgan fingerprint density at radius 2 is 1.80 bits per heavy atom. The number of likely N-dealkylation sites (N-methyl/N-ethyl adjacent to an activating group) is 1. The topological polar surface area (TPSA) is 38.8 Å². The van der Waals surface area contributed by atoms with Crippen LogP contribution in [-0.2, 0) is 4.79 Å². The molecule has 25 heavy (non-hydrogen) atoms. The predicted molar refractivity (Wildman–Crippen MR) is 103 cm³/mol. The van der Waals surface area contributed by atoms with Crippen molar-refractivity contribution in [3.05, 3.63) is 29.3 Å². The summed E-state index contributed by atoms with van der Waals surface area (Å²) < 4.78 is 0. The second kappa shape index (κ2) is 8.19. The summed E-state index contributed by atoms with van der Waals surface area (Å²) in [4.78, 5) is 19.6. The van der Waals surface area contributed by atoms with E-state index >= 15 is 0 Å². The standard InChI is InChI=1S/C20H32N4O/c1-16-6-4-7-17(2)20(16)21-14-19(25)24-12-10-23(11-13-24)18-8-5-9-22(3)15-18/h4,6-7,18,21H,5,8-15H2,1-3H3. The molecule has 0 saturated carbocycles. The van der Waals surface area contributed by atoms with E-state index in [2.05, 4.69) is 54.2 Å². The van der Waals surface area contributed by atoms with E-state index in [0.29, 0.717) is 12.6 Å². The van der Waals surface area contributed by atoms with Gasteiger partial charge < -0.3 is 15.1 Å². The van der Waals surface area contributed by atoms with Crippen molar-refractivity contribution in [2.24, 2.45) is 0 Å². The van der Waals surface area contributed by atoms with E-state index < -0.39 is 0 Å². The average Bonchev–Trinajstić information content (AvgIpc) is 2.61. The second-order valence-corrected chi connectivity index (χ2v) is 7.60. The van der Waals surface area contributed by atoms with Gasteiger partial charge in [-0.15, -0.1) is 0 Å². The highest BCUT2D eigenvalue weighted by atomic mass is 16.2. The molecule has 0 aromatic heterocycles. The molecule has 2 aliphatic heterocycles. The van der Waals surface area contributed by atoms with Crippen LogP contribution in [0.1, 0.15) is 24.0 Å². The molecule has 2 fully saturated rings. The number of carbonyl (C=O) groups excluding carboxylic acids is 1. The molecule has 2 saturated heterocycles. The van der Waals surface area contributed by atoms with E-state index in [-0.39, 0.29) is 5.91 Å². The summed E-state index contributed by atoms with van der Waals surface area (Å²) in [6.07, 6.45) is 2.59. The number of anilines is 1. The minimum absolute atomic E-state index is 0.211. The molecule has 2 aliphatic rings. The summed E-state index contributed by atoms with van der Waals surface area (Å²) in [6.45, 7) is 10.7. The molecule has 1 aromatic carbocycles. The zero-order valence-electron chi connectivity index (χ0n) is 15.9. The number of likely N-dealkylation sites (tertiary alicyclic amines) is 1. The van der Waals surface area contributed by atoms with Crippen LogP contribution in [0.4, 0.5) is 5.69 Å². The van der Waals surface area contributed by atoms with Crippen molar-refractivity contribution in [3.8, 4) is 0 Å². The number of piperazine rings is 1. The third kappa shape index (κ3) is 4.53. The first-order valence-electron chi connectivity index (χ1n) is 9.55. The number of hydrogen-bond donors (Lipinski definition) is 1. The Bertz CT molecular complexity index is 575. The van der Waals surface area contributed by atoms with Gasteiger partial charge in [0.05, 0.1) is 6.54 Å². The van der Waals surface area contributed by atoms with Crippen molar-refractivity contribution in [1.29, 1.82) is 0 Å². The largest absolute Gasteiger partial charge is 0.376 e. The Labute approximate surface area is 152 Å². The molecule has 3 rings (SSSR count). The molecule has 138 valence electrons. The van der Waals surface area contributed by atoms with E-state index in [1.54, 1.807) is 0 Å². The third-order valence-electron chi connectivity index (χ3n) is 5.68. The van der Waals surface area contributed by atoms with Crippen LogP contribution >= 0.6 is 0 Å². The molecule has 1 atom stereocenters. The summed E-state index contributed by atoms with van der Waals surface area (Å²) in [5.41, 5.74) is 3.48.